The number of aryl methyl sites for hydroxylation is 1. The Morgan fingerprint density at radius 1 is 1.42 bits per heavy atom. The Balaban J connectivity index is 1.52. The van der Waals surface area contributed by atoms with Gasteiger partial charge in [-0.25, -0.2) is 4.98 Å². The fourth-order valence-electron chi connectivity index (χ4n) is 3.70. The highest BCUT2D eigenvalue weighted by atomic mass is 16.5. The summed E-state index contributed by atoms with van der Waals surface area (Å²) in [5.41, 5.74) is 0. The molecule has 0 radical (unpaired) electrons. The average Bonchev–Trinajstić information content (AvgIpc) is 3.12. The highest BCUT2D eigenvalue weighted by molar-refractivity contribution is 5.29. The number of fused-ring (bicyclic) bond motifs is 2. The summed E-state index contributed by atoms with van der Waals surface area (Å²) in [5, 5.41) is 3.67. The summed E-state index contributed by atoms with van der Waals surface area (Å²) >= 11 is 0. The molecule has 2 bridgehead atoms. The van der Waals surface area contributed by atoms with Crippen molar-refractivity contribution in [2.75, 3.05) is 18.5 Å². The fraction of sp³-hybridized carbons (Fsp3) is 0.800. The quantitative estimate of drug-likeness (QED) is 0.769. The van der Waals surface area contributed by atoms with Crippen molar-refractivity contribution in [3.05, 3.63) is 12.4 Å². The molecule has 1 aromatic heterocycles. The van der Waals surface area contributed by atoms with E-state index < -0.39 is 0 Å². The molecule has 3 unspecified atom stereocenters. The first-order valence-corrected chi connectivity index (χ1v) is 7.72. The third-order valence-corrected chi connectivity index (χ3v) is 4.66. The number of nitrogens with zero attached hydrogens (tertiary/aromatic N) is 2. The van der Waals surface area contributed by atoms with Crippen LogP contribution in [-0.2, 0) is 11.3 Å². The molecule has 0 aliphatic heterocycles. The average molecular weight is 263 g/mol. The van der Waals surface area contributed by atoms with Crippen LogP contribution in [0.2, 0.25) is 0 Å². The fourth-order valence-corrected chi connectivity index (χ4v) is 3.70. The molecule has 2 aliphatic rings. The first-order chi connectivity index (χ1) is 9.36. The van der Waals surface area contributed by atoms with Crippen LogP contribution < -0.4 is 5.32 Å². The van der Waals surface area contributed by atoms with Crippen LogP contribution in [0.25, 0.3) is 0 Å². The van der Waals surface area contributed by atoms with Crippen LogP contribution in [0.5, 0.6) is 0 Å². The molecule has 0 spiro atoms. The van der Waals surface area contributed by atoms with Crippen LogP contribution in [0.4, 0.5) is 5.95 Å². The van der Waals surface area contributed by atoms with E-state index in [1.165, 1.54) is 25.7 Å². The van der Waals surface area contributed by atoms with E-state index in [-0.39, 0.29) is 0 Å². The van der Waals surface area contributed by atoms with Crippen molar-refractivity contribution in [2.24, 2.45) is 11.8 Å². The van der Waals surface area contributed by atoms with Gasteiger partial charge in [-0.2, -0.15) is 0 Å². The van der Waals surface area contributed by atoms with Crippen LogP contribution in [-0.4, -0.2) is 28.8 Å². The smallest absolute Gasteiger partial charge is 0.202 e. The second-order valence-electron chi connectivity index (χ2n) is 5.92. The first kappa shape index (κ1) is 13.0. The lowest BCUT2D eigenvalue weighted by molar-refractivity contribution is 0.142. The summed E-state index contributed by atoms with van der Waals surface area (Å²) in [6.07, 6.45) is 10.7. The molecule has 2 fully saturated rings. The van der Waals surface area contributed by atoms with Crippen LogP contribution in [0.3, 0.4) is 0 Å². The molecule has 1 heterocycles. The SMILES string of the molecule is CCOCCCn1ccnc1NC1CC2CCC1C2. The zero-order chi connectivity index (χ0) is 13.1. The van der Waals surface area contributed by atoms with Crippen molar-refractivity contribution < 1.29 is 4.74 Å². The molecule has 106 valence electrons. The highest BCUT2D eigenvalue weighted by Gasteiger charge is 2.39. The predicted molar refractivity (Wildman–Crippen MR) is 76.2 cm³/mol. The monoisotopic (exact) mass is 263 g/mol. The highest BCUT2D eigenvalue weighted by Crippen LogP contribution is 2.45. The zero-order valence-electron chi connectivity index (χ0n) is 11.8. The lowest BCUT2D eigenvalue weighted by atomic mass is 9.95. The summed E-state index contributed by atoms with van der Waals surface area (Å²) in [7, 11) is 0. The van der Waals surface area contributed by atoms with Gasteiger partial charge in [0.25, 0.3) is 0 Å². The minimum atomic E-state index is 0.659. The van der Waals surface area contributed by atoms with Gasteiger partial charge in [0.2, 0.25) is 5.95 Å². The number of anilines is 1. The molecule has 0 amide bonds. The van der Waals surface area contributed by atoms with Gasteiger partial charge in [0.1, 0.15) is 0 Å². The Morgan fingerprint density at radius 2 is 2.37 bits per heavy atom. The summed E-state index contributed by atoms with van der Waals surface area (Å²) in [5.74, 6) is 2.91. The standard InChI is InChI=1S/C15H25N3O/c1-2-19-9-3-7-18-8-6-16-15(18)17-14-11-12-4-5-13(14)10-12/h6,8,12-14H,2-5,7,9-11H2,1H3,(H,16,17). The number of hydrogen-bond donors (Lipinski definition) is 1. The van der Waals surface area contributed by atoms with E-state index in [2.05, 4.69) is 21.1 Å². The van der Waals surface area contributed by atoms with E-state index in [4.69, 9.17) is 4.74 Å². The minimum Gasteiger partial charge on any atom is -0.382 e. The van der Waals surface area contributed by atoms with Crippen molar-refractivity contribution in [1.29, 1.82) is 0 Å². The predicted octanol–water partition coefficient (Wildman–Crippen LogP) is 2.91. The molecular weight excluding hydrogens is 238 g/mol. The molecular formula is C15H25N3O. The Bertz CT molecular complexity index is 404. The maximum atomic E-state index is 5.39. The van der Waals surface area contributed by atoms with E-state index in [0.717, 1.165) is 44.0 Å². The van der Waals surface area contributed by atoms with Crippen molar-refractivity contribution >= 4 is 5.95 Å². The van der Waals surface area contributed by atoms with Gasteiger partial charge in [-0.3, -0.25) is 0 Å². The second-order valence-corrected chi connectivity index (χ2v) is 5.92. The molecule has 3 atom stereocenters. The van der Waals surface area contributed by atoms with E-state index >= 15 is 0 Å². The van der Waals surface area contributed by atoms with Crippen LogP contribution >= 0.6 is 0 Å². The van der Waals surface area contributed by atoms with Gasteiger partial charge in [-0.1, -0.05) is 6.42 Å². The number of aromatic nitrogens is 2. The molecule has 3 rings (SSSR count). The van der Waals surface area contributed by atoms with Crippen molar-refractivity contribution in [1.82, 2.24) is 9.55 Å². The molecule has 2 aliphatic carbocycles. The van der Waals surface area contributed by atoms with E-state index in [1.807, 2.05) is 13.1 Å². The third-order valence-electron chi connectivity index (χ3n) is 4.66. The van der Waals surface area contributed by atoms with Crippen LogP contribution in [0.1, 0.15) is 39.0 Å². The van der Waals surface area contributed by atoms with Gasteiger partial charge in [0, 0.05) is 38.2 Å². The maximum Gasteiger partial charge on any atom is 0.202 e. The summed E-state index contributed by atoms with van der Waals surface area (Å²) < 4.78 is 7.62. The largest absolute Gasteiger partial charge is 0.382 e. The number of imidazole rings is 1. The molecule has 1 N–H and O–H groups in total. The summed E-state index contributed by atoms with van der Waals surface area (Å²) in [6.45, 7) is 4.67. The van der Waals surface area contributed by atoms with E-state index in [9.17, 15) is 0 Å². The molecule has 0 saturated heterocycles. The molecule has 4 nitrogen and oxygen atoms in total. The maximum absolute atomic E-state index is 5.39. The molecule has 2 saturated carbocycles. The van der Waals surface area contributed by atoms with Gasteiger partial charge >= 0.3 is 0 Å². The third kappa shape index (κ3) is 2.94. The lowest BCUT2D eigenvalue weighted by Crippen LogP contribution is -2.27. The van der Waals surface area contributed by atoms with E-state index in [0.29, 0.717) is 6.04 Å². The van der Waals surface area contributed by atoms with Gasteiger partial charge in [-0.05, 0) is 44.4 Å². The molecule has 19 heavy (non-hydrogen) atoms. The normalized spacial score (nSPS) is 29.0. The Hall–Kier alpha value is -1.03. The number of ether oxygens (including phenoxy) is 1. The lowest BCUT2D eigenvalue weighted by Gasteiger charge is -2.23. The van der Waals surface area contributed by atoms with Crippen LogP contribution in [0.15, 0.2) is 12.4 Å². The summed E-state index contributed by atoms with van der Waals surface area (Å²) in [4.78, 5) is 4.47. The summed E-state index contributed by atoms with van der Waals surface area (Å²) in [6, 6.07) is 0.659. The Kier molecular flexibility index (Phi) is 4.06. The van der Waals surface area contributed by atoms with Crippen molar-refractivity contribution in [3.8, 4) is 0 Å². The molecule has 1 aromatic rings. The topological polar surface area (TPSA) is 39.1 Å². The minimum absolute atomic E-state index is 0.659. The number of nitrogens with one attached hydrogen (secondary N) is 1. The molecule has 4 heteroatoms. The molecule has 0 aromatic carbocycles. The van der Waals surface area contributed by atoms with Crippen LogP contribution in [0, 0.1) is 11.8 Å². The van der Waals surface area contributed by atoms with E-state index in [1.54, 1.807) is 0 Å². The first-order valence-electron chi connectivity index (χ1n) is 7.72. The van der Waals surface area contributed by atoms with Gasteiger partial charge in [0.05, 0.1) is 0 Å². The number of hydrogen-bond acceptors (Lipinski definition) is 3. The van der Waals surface area contributed by atoms with Crippen molar-refractivity contribution in [3.63, 3.8) is 0 Å². The van der Waals surface area contributed by atoms with Gasteiger partial charge < -0.3 is 14.6 Å². The Morgan fingerprint density at radius 3 is 3.11 bits per heavy atom. The zero-order valence-corrected chi connectivity index (χ0v) is 11.8. The van der Waals surface area contributed by atoms with Crippen molar-refractivity contribution in [2.45, 2.75) is 51.6 Å². The number of rotatable bonds is 7. The Labute approximate surface area is 115 Å². The second kappa shape index (κ2) is 5.95. The van der Waals surface area contributed by atoms with Gasteiger partial charge in [0.15, 0.2) is 0 Å². The van der Waals surface area contributed by atoms with Gasteiger partial charge in [-0.15, -0.1) is 0 Å².